The van der Waals surface area contributed by atoms with Crippen molar-refractivity contribution in [2.45, 2.75) is 32.2 Å². The maximum absolute atomic E-state index is 13.3. The van der Waals surface area contributed by atoms with Crippen LogP contribution in [0.15, 0.2) is 18.2 Å². The maximum atomic E-state index is 13.3. The van der Waals surface area contributed by atoms with Crippen molar-refractivity contribution in [3.63, 3.8) is 0 Å². The molecule has 1 atom stereocenters. The van der Waals surface area contributed by atoms with Crippen LogP contribution in [-0.2, 0) is 0 Å². The highest BCUT2D eigenvalue weighted by molar-refractivity contribution is 5.97. The Morgan fingerprint density at radius 1 is 1.55 bits per heavy atom. The summed E-state index contributed by atoms with van der Waals surface area (Å²) in [7, 11) is 0. The number of aliphatic hydroxyl groups excluding tert-OH is 1. The molecule has 1 aliphatic heterocycles. The van der Waals surface area contributed by atoms with Crippen molar-refractivity contribution in [2.75, 3.05) is 13.2 Å². The molecule has 1 heterocycles. The maximum Gasteiger partial charge on any atom is 0.255 e. The molecule has 1 amide bonds. The SMILES string of the molecule is CC1CCCN1C(=O)c1ccc(F)cc1C#CCCO. The van der Waals surface area contributed by atoms with Crippen molar-refractivity contribution < 1.29 is 14.3 Å². The van der Waals surface area contributed by atoms with E-state index in [2.05, 4.69) is 11.8 Å². The Morgan fingerprint density at radius 3 is 3.00 bits per heavy atom. The van der Waals surface area contributed by atoms with Gasteiger partial charge in [0.2, 0.25) is 0 Å². The molecule has 20 heavy (non-hydrogen) atoms. The molecule has 1 aromatic rings. The van der Waals surface area contributed by atoms with E-state index in [-0.39, 0.29) is 18.6 Å². The highest BCUT2D eigenvalue weighted by atomic mass is 19.1. The van der Waals surface area contributed by atoms with E-state index in [9.17, 15) is 9.18 Å². The fourth-order valence-electron chi connectivity index (χ4n) is 2.41. The number of carbonyl (C=O) groups is 1. The van der Waals surface area contributed by atoms with Gasteiger partial charge in [0.25, 0.3) is 5.91 Å². The van der Waals surface area contributed by atoms with Gasteiger partial charge in [0.15, 0.2) is 0 Å². The molecule has 1 fully saturated rings. The van der Waals surface area contributed by atoms with E-state index in [1.807, 2.05) is 11.8 Å². The lowest BCUT2D eigenvalue weighted by atomic mass is 10.1. The van der Waals surface area contributed by atoms with Gasteiger partial charge in [-0.15, -0.1) is 0 Å². The highest BCUT2D eigenvalue weighted by Crippen LogP contribution is 2.21. The van der Waals surface area contributed by atoms with Crippen LogP contribution in [-0.4, -0.2) is 35.1 Å². The Bertz CT molecular complexity index is 559. The monoisotopic (exact) mass is 275 g/mol. The molecule has 1 unspecified atom stereocenters. The third-order valence-corrected chi connectivity index (χ3v) is 3.49. The van der Waals surface area contributed by atoms with E-state index >= 15 is 0 Å². The standard InChI is InChI=1S/C16H18FNO2/c1-12-5-4-9-18(12)16(20)15-8-7-14(17)11-13(15)6-2-3-10-19/h7-8,11-12,19H,3-5,9-10H2,1H3. The minimum atomic E-state index is -0.413. The number of hydrogen-bond donors (Lipinski definition) is 1. The fraction of sp³-hybridized carbons (Fsp3) is 0.438. The van der Waals surface area contributed by atoms with Crippen LogP contribution in [0, 0.1) is 17.7 Å². The van der Waals surface area contributed by atoms with E-state index in [1.165, 1.54) is 18.2 Å². The summed E-state index contributed by atoms with van der Waals surface area (Å²) in [5.41, 5.74) is 0.827. The second-order valence-corrected chi connectivity index (χ2v) is 4.96. The molecule has 1 N–H and O–H groups in total. The molecule has 1 aliphatic rings. The molecule has 0 aliphatic carbocycles. The molecule has 0 spiro atoms. The molecule has 2 rings (SSSR count). The van der Waals surface area contributed by atoms with Crippen molar-refractivity contribution in [2.24, 2.45) is 0 Å². The zero-order valence-corrected chi connectivity index (χ0v) is 11.5. The third kappa shape index (κ3) is 3.17. The molecule has 3 nitrogen and oxygen atoms in total. The molecule has 1 aromatic carbocycles. The van der Waals surface area contributed by atoms with Crippen LogP contribution in [0.4, 0.5) is 4.39 Å². The normalized spacial score (nSPS) is 17.8. The van der Waals surface area contributed by atoms with E-state index in [1.54, 1.807) is 0 Å². The van der Waals surface area contributed by atoms with E-state index < -0.39 is 5.82 Å². The average molecular weight is 275 g/mol. The predicted octanol–water partition coefficient (Wildman–Crippen LogP) is 2.18. The summed E-state index contributed by atoms with van der Waals surface area (Å²) in [4.78, 5) is 14.3. The van der Waals surface area contributed by atoms with Gasteiger partial charge in [-0.25, -0.2) is 4.39 Å². The summed E-state index contributed by atoms with van der Waals surface area (Å²) in [6.45, 7) is 2.71. The lowest BCUT2D eigenvalue weighted by Gasteiger charge is -2.22. The Hall–Kier alpha value is -1.86. The zero-order chi connectivity index (χ0) is 14.5. The van der Waals surface area contributed by atoms with Gasteiger partial charge in [-0.1, -0.05) is 11.8 Å². The molecular formula is C16H18FNO2. The number of rotatable bonds is 2. The van der Waals surface area contributed by atoms with Gasteiger partial charge in [0, 0.05) is 24.6 Å². The van der Waals surface area contributed by atoms with Crippen molar-refractivity contribution in [1.29, 1.82) is 0 Å². The first-order valence-electron chi connectivity index (χ1n) is 6.83. The van der Waals surface area contributed by atoms with Crippen molar-refractivity contribution in [3.05, 3.63) is 35.1 Å². The quantitative estimate of drug-likeness (QED) is 0.840. The molecule has 0 saturated carbocycles. The zero-order valence-electron chi connectivity index (χ0n) is 11.5. The van der Waals surface area contributed by atoms with Crippen molar-refractivity contribution in [1.82, 2.24) is 4.90 Å². The topological polar surface area (TPSA) is 40.5 Å². The largest absolute Gasteiger partial charge is 0.395 e. The Morgan fingerprint density at radius 2 is 2.35 bits per heavy atom. The highest BCUT2D eigenvalue weighted by Gasteiger charge is 2.27. The number of benzene rings is 1. The first kappa shape index (κ1) is 14.5. The van der Waals surface area contributed by atoms with Crippen LogP contribution in [0.1, 0.15) is 42.1 Å². The van der Waals surface area contributed by atoms with Gasteiger partial charge in [0.05, 0.1) is 12.2 Å². The fourth-order valence-corrected chi connectivity index (χ4v) is 2.41. The van der Waals surface area contributed by atoms with Crippen molar-refractivity contribution in [3.8, 4) is 11.8 Å². The van der Waals surface area contributed by atoms with Gasteiger partial charge >= 0.3 is 0 Å². The number of likely N-dealkylation sites (tertiary alicyclic amines) is 1. The molecule has 0 radical (unpaired) electrons. The molecule has 0 aromatic heterocycles. The summed E-state index contributed by atoms with van der Waals surface area (Å²) >= 11 is 0. The Kier molecular flexibility index (Phi) is 4.75. The lowest BCUT2D eigenvalue weighted by molar-refractivity contribution is 0.0747. The number of carbonyl (C=O) groups excluding carboxylic acids is 1. The number of nitrogens with zero attached hydrogens (tertiary/aromatic N) is 1. The van der Waals surface area contributed by atoms with E-state index in [0.29, 0.717) is 17.5 Å². The number of hydrogen-bond acceptors (Lipinski definition) is 2. The first-order chi connectivity index (χ1) is 9.63. The van der Waals surface area contributed by atoms with Gasteiger partial charge in [0.1, 0.15) is 5.82 Å². The van der Waals surface area contributed by atoms with Crippen LogP contribution < -0.4 is 0 Å². The van der Waals surface area contributed by atoms with E-state index in [0.717, 1.165) is 19.4 Å². The van der Waals surface area contributed by atoms with Crippen LogP contribution in [0.5, 0.6) is 0 Å². The molecule has 106 valence electrons. The minimum absolute atomic E-state index is 0.0469. The van der Waals surface area contributed by atoms with Gasteiger partial charge < -0.3 is 10.0 Å². The lowest BCUT2D eigenvalue weighted by Crippen LogP contribution is -2.34. The van der Waals surface area contributed by atoms with Gasteiger partial charge in [-0.2, -0.15) is 0 Å². The second kappa shape index (κ2) is 6.53. The van der Waals surface area contributed by atoms with Crippen LogP contribution >= 0.6 is 0 Å². The number of halogens is 1. The minimum Gasteiger partial charge on any atom is -0.395 e. The third-order valence-electron chi connectivity index (χ3n) is 3.49. The Labute approximate surface area is 118 Å². The van der Waals surface area contributed by atoms with Crippen LogP contribution in [0.2, 0.25) is 0 Å². The molecule has 1 saturated heterocycles. The van der Waals surface area contributed by atoms with E-state index in [4.69, 9.17) is 5.11 Å². The smallest absolute Gasteiger partial charge is 0.255 e. The predicted molar refractivity (Wildman–Crippen MR) is 74.7 cm³/mol. The second-order valence-electron chi connectivity index (χ2n) is 4.96. The van der Waals surface area contributed by atoms with Crippen LogP contribution in [0.3, 0.4) is 0 Å². The Balaban J connectivity index is 2.31. The average Bonchev–Trinajstić information content (AvgIpc) is 2.85. The first-order valence-corrected chi connectivity index (χ1v) is 6.83. The van der Waals surface area contributed by atoms with Gasteiger partial charge in [-0.05, 0) is 38.0 Å². The number of amides is 1. The molecule has 0 bridgehead atoms. The van der Waals surface area contributed by atoms with Crippen molar-refractivity contribution >= 4 is 5.91 Å². The van der Waals surface area contributed by atoms with Crippen LogP contribution in [0.25, 0.3) is 0 Å². The molecular weight excluding hydrogens is 257 g/mol. The van der Waals surface area contributed by atoms with Gasteiger partial charge in [-0.3, -0.25) is 4.79 Å². The summed E-state index contributed by atoms with van der Waals surface area (Å²) in [6.07, 6.45) is 2.31. The number of aliphatic hydroxyl groups is 1. The summed E-state index contributed by atoms with van der Waals surface area (Å²) in [6, 6.07) is 4.26. The summed E-state index contributed by atoms with van der Waals surface area (Å²) in [5.74, 6) is 5.01. The summed E-state index contributed by atoms with van der Waals surface area (Å²) < 4.78 is 13.3. The summed E-state index contributed by atoms with van der Waals surface area (Å²) in [5, 5.41) is 8.73. The molecule has 4 heteroatoms.